The largest absolute Gasteiger partial charge is 0.494 e. The van der Waals surface area contributed by atoms with Gasteiger partial charge in [-0.2, -0.15) is 8.78 Å². The van der Waals surface area contributed by atoms with Crippen LogP contribution in [-0.2, 0) is 12.8 Å². The Morgan fingerprint density at radius 1 is 0.800 bits per heavy atom. The third-order valence-electron chi connectivity index (χ3n) is 5.88. The fourth-order valence-electron chi connectivity index (χ4n) is 3.96. The second-order valence-electron chi connectivity index (χ2n) is 8.34. The summed E-state index contributed by atoms with van der Waals surface area (Å²) >= 11 is 0. The number of halogens is 4. The molecular formula is C29H26F4O2. The predicted octanol–water partition coefficient (Wildman–Crippen LogP) is 8.35. The number of hydrogen-bond donors (Lipinski definition) is 0. The van der Waals surface area contributed by atoms with E-state index in [1.54, 1.807) is 12.1 Å². The van der Waals surface area contributed by atoms with Gasteiger partial charge in [-0.3, -0.25) is 0 Å². The van der Waals surface area contributed by atoms with Crippen molar-refractivity contribution in [3.63, 3.8) is 0 Å². The molecule has 0 heterocycles. The van der Waals surface area contributed by atoms with E-state index in [9.17, 15) is 13.2 Å². The van der Waals surface area contributed by atoms with Crippen LogP contribution < -0.4 is 9.47 Å². The number of fused-ring (bicyclic) bond motifs is 1. The Morgan fingerprint density at radius 2 is 1.57 bits per heavy atom. The van der Waals surface area contributed by atoms with Crippen molar-refractivity contribution in [2.75, 3.05) is 6.61 Å². The van der Waals surface area contributed by atoms with Crippen LogP contribution in [0.5, 0.6) is 11.5 Å². The van der Waals surface area contributed by atoms with Crippen molar-refractivity contribution < 1.29 is 27.0 Å². The van der Waals surface area contributed by atoms with Gasteiger partial charge in [-0.25, -0.2) is 8.78 Å². The fraction of sp³-hybridized carbons (Fsp3) is 0.241. The smallest absolute Gasteiger partial charge is 0.387 e. The molecule has 0 N–H and O–H groups in total. The van der Waals surface area contributed by atoms with E-state index in [1.165, 1.54) is 12.1 Å². The Labute approximate surface area is 202 Å². The van der Waals surface area contributed by atoms with Crippen LogP contribution >= 0.6 is 0 Å². The molecule has 0 aliphatic rings. The van der Waals surface area contributed by atoms with Crippen molar-refractivity contribution >= 4 is 10.8 Å². The van der Waals surface area contributed by atoms with Crippen LogP contribution in [-0.4, -0.2) is 13.2 Å². The van der Waals surface area contributed by atoms with Crippen LogP contribution in [0.25, 0.3) is 21.9 Å². The molecule has 0 unspecified atom stereocenters. The van der Waals surface area contributed by atoms with Gasteiger partial charge in [0, 0.05) is 5.39 Å². The predicted molar refractivity (Wildman–Crippen MR) is 130 cm³/mol. The topological polar surface area (TPSA) is 18.5 Å². The molecule has 0 bridgehead atoms. The quantitative estimate of drug-likeness (QED) is 0.167. The maximum absolute atomic E-state index is 15.2. The number of rotatable bonds is 10. The van der Waals surface area contributed by atoms with E-state index in [0.29, 0.717) is 36.0 Å². The van der Waals surface area contributed by atoms with E-state index in [-0.39, 0.29) is 5.82 Å². The third-order valence-corrected chi connectivity index (χ3v) is 5.88. The minimum Gasteiger partial charge on any atom is -0.494 e. The van der Waals surface area contributed by atoms with Gasteiger partial charge < -0.3 is 9.47 Å². The number of alkyl halides is 2. The van der Waals surface area contributed by atoms with Crippen LogP contribution in [0, 0.1) is 11.6 Å². The first-order valence-electron chi connectivity index (χ1n) is 11.6. The maximum Gasteiger partial charge on any atom is 0.387 e. The Morgan fingerprint density at radius 3 is 2.29 bits per heavy atom. The molecule has 0 aromatic heterocycles. The monoisotopic (exact) mass is 482 g/mol. The first-order valence-corrected chi connectivity index (χ1v) is 11.6. The summed E-state index contributed by atoms with van der Waals surface area (Å²) in [6, 6.07) is 20.9. The molecule has 0 atom stereocenters. The summed E-state index contributed by atoms with van der Waals surface area (Å²) in [4.78, 5) is 0. The zero-order valence-corrected chi connectivity index (χ0v) is 19.4. The second kappa shape index (κ2) is 11.3. The minimum absolute atomic E-state index is 0.313. The van der Waals surface area contributed by atoms with E-state index < -0.39 is 18.2 Å². The van der Waals surface area contributed by atoms with Crippen molar-refractivity contribution in [1.29, 1.82) is 0 Å². The van der Waals surface area contributed by atoms with Crippen LogP contribution in [0.3, 0.4) is 0 Å². The molecule has 4 rings (SSSR count). The highest BCUT2D eigenvalue weighted by atomic mass is 19.3. The molecule has 35 heavy (non-hydrogen) atoms. The van der Waals surface area contributed by atoms with Crippen molar-refractivity contribution in [1.82, 2.24) is 0 Å². The van der Waals surface area contributed by atoms with Crippen LogP contribution in [0.1, 0.15) is 30.9 Å². The van der Waals surface area contributed by atoms with Gasteiger partial charge in [0.2, 0.25) is 0 Å². The fourth-order valence-corrected chi connectivity index (χ4v) is 3.96. The number of benzene rings is 4. The van der Waals surface area contributed by atoms with Crippen molar-refractivity contribution in [3.8, 4) is 22.6 Å². The number of ether oxygens (including phenoxy) is 2. The Bertz CT molecular complexity index is 1290. The lowest BCUT2D eigenvalue weighted by Crippen LogP contribution is -2.04. The highest BCUT2D eigenvalue weighted by Gasteiger charge is 2.12. The molecule has 0 spiro atoms. The molecule has 182 valence electrons. The molecule has 4 aromatic rings. The summed E-state index contributed by atoms with van der Waals surface area (Å²) in [5, 5.41) is 1.30. The van der Waals surface area contributed by atoms with Gasteiger partial charge in [-0.1, -0.05) is 55.8 Å². The maximum atomic E-state index is 15.2. The SMILES string of the molecule is CCCCOc1ccc(-c2ccc3c(F)c(CCc4ccc(OC(F)F)c(F)c4)ccc3c2)cc1. The van der Waals surface area contributed by atoms with Gasteiger partial charge >= 0.3 is 6.61 Å². The lowest BCUT2D eigenvalue weighted by atomic mass is 9.97. The summed E-state index contributed by atoms with van der Waals surface area (Å²) in [6.45, 7) is -0.277. The highest BCUT2D eigenvalue weighted by molar-refractivity contribution is 5.88. The summed E-state index contributed by atoms with van der Waals surface area (Å²) in [5.74, 6) is -0.855. The van der Waals surface area contributed by atoms with Crippen molar-refractivity contribution in [3.05, 3.63) is 95.6 Å². The van der Waals surface area contributed by atoms with E-state index in [2.05, 4.69) is 11.7 Å². The van der Waals surface area contributed by atoms with Crippen molar-refractivity contribution in [2.24, 2.45) is 0 Å². The Balaban J connectivity index is 1.47. The van der Waals surface area contributed by atoms with E-state index in [1.807, 2.05) is 42.5 Å². The minimum atomic E-state index is -3.09. The first-order chi connectivity index (χ1) is 16.9. The van der Waals surface area contributed by atoms with E-state index >= 15 is 4.39 Å². The van der Waals surface area contributed by atoms with Crippen LogP contribution in [0.4, 0.5) is 17.6 Å². The molecular weight excluding hydrogens is 456 g/mol. The summed E-state index contributed by atoms with van der Waals surface area (Å²) in [6.07, 6.45) is 2.80. The summed E-state index contributed by atoms with van der Waals surface area (Å²) in [7, 11) is 0. The van der Waals surface area contributed by atoms with Crippen LogP contribution in [0.2, 0.25) is 0 Å². The summed E-state index contributed by atoms with van der Waals surface area (Å²) in [5.41, 5.74) is 3.07. The molecule has 0 aliphatic heterocycles. The zero-order valence-electron chi connectivity index (χ0n) is 19.4. The third kappa shape index (κ3) is 6.13. The molecule has 6 heteroatoms. The average molecular weight is 483 g/mol. The van der Waals surface area contributed by atoms with Gasteiger partial charge in [0.05, 0.1) is 6.61 Å². The molecule has 2 nitrogen and oxygen atoms in total. The van der Waals surface area contributed by atoms with E-state index in [4.69, 9.17) is 4.74 Å². The van der Waals surface area contributed by atoms with E-state index in [0.717, 1.165) is 41.2 Å². The Hall–Kier alpha value is -3.54. The van der Waals surface area contributed by atoms with Gasteiger partial charge in [-0.15, -0.1) is 0 Å². The normalized spacial score (nSPS) is 11.3. The molecule has 0 aliphatic carbocycles. The number of aryl methyl sites for hydroxylation is 2. The lowest BCUT2D eigenvalue weighted by molar-refractivity contribution is -0.0522. The van der Waals surface area contributed by atoms with Gasteiger partial charge in [0.1, 0.15) is 11.6 Å². The Kier molecular flexibility index (Phi) is 7.91. The number of hydrogen-bond acceptors (Lipinski definition) is 2. The molecule has 0 saturated heterocycles. The molecule has 4 aromatic carbocycles. The van der Waals surface area contributed by atoms with Crippen molar-refractivity contribution in [2.45, 2.75) is 39.2 Å². The second-order valence-corrected chi connectivity index (χ2v) is 8.34. The average Bonchev–Trinajstić information content (AvgIpc) is 2.85. The standard InChI is InChI=1S/C29H26F4O2/c1-2-3-16-34-24-12-9-20(10-13-24)22-11-14-25-23(18-22)8-7-21(28(25)31)6-4-19-5-15-27(26(30)17-19)35-29(32)33/h5,7-15,17-18,29H,2-4,6,16H2,1H3. The van der Waals surface area contributed by atoms with Crippen LogP contribution in [0.15, 0.2) is 72.8 Å². The molecule has 0 fully saturated rings. The van der Waals surface area contributed by atoms with Gasteiger partial charge in [-0.05, 0) is 77.2 Å². The highest BCUT2D eigenvalue weighted by Crippen LogP contribution is 2.29. The number of unbranched alkanes of at least 4 members (excludes halogenated alkanes) is 1. The lowest BCUT2D eigenvalue weighted by Gasteiger charge is -2.11. The zero-order chi connectivity index (χ0) is 24.8. The van der Waals surface area contributed by atoms with Gasteiger partial charge in [0.25, 0.3) is 0 Å². The first kappa shape index (κ1) is 24.6. The summed E-state index contributed by atoms with van der Waals surface area (Å²) < 4.78 is 63.6. The molecule has 0 radical (unpaired) electrons. The molecule has 0 saturated carbocycles. The molecule has 0 amide bonds. The van der Waals surface area contributed by atoms with Gasteiger partial charge in [0.15, 0.2) is 11.6 Å².